The minimum atomic E-state index is -2.52. The second-order valence-electron chi connectivity index (χ2n) is 3.42. The molecule has 0 aliphatic carbocycles. The maximum absolute atomic E-state index is 12.2. The van der Waals surface area contributed by atoms with Crippen molar-refractivity contribution >= 4 is 0 Å². The van der Waals surface area contributed by atoms with Crippen molar-refractivity contribution in [1.82, 2.24) is 14.8 Å². The molecule has 0 spiro atoms. The molecule has 1 atom stereocenters. The molecule has 0 aromatic carbocycles. The van der Waals surface area contributed by atoms with Gasteiger partial charge in [0.15, 0.2) is 0 Å². The van der Waals surface area contributed by atoms with Crippen molar-refractivity contribution < 1.29 is 8.78 Å². The Kier molecular flexibility index (Phi) is 3.51. The average molecular weight is 204 g/mol. The zero-order chi connectivity index (χ0) is 10.7. The quantitative estimate of drug-likeness (QED) is 0.795. The van der Waals surface area contributed by atoms with Crippen LogP contribution < -0.4 is 5.73 Å². The van der Waals surface area contributed by atoms with Gasteiger partial charge in [-0.25, -0.2) is 18.4 Å². The lowest BCUT2D eigenvalue weighted by molar-refractivity contribution is 0.114. The summed E-state index contributed by atoms with van der Waals surface area (Å²) >= 11 is 0. The van der Waals surface area contributed by atoms with Gasteiger partial charge in [-0.05, 0) is 13.8 Å². The van der Waals surface area contributed by atoms with Gasteiger partial charge in [-0.2, -0.15) is 5.10 Å². The lowest BCUT2D eigenvalue weighted by atomic mass is 10.2. The van der Waals surface area contributed by atoms with Crippen LogP contribution >= 0.6 is 0 Å². The monoisotopic (exact) mass is 204 g/mol. The lowest BCUT2D eigenvalue weighted by Gasteiger charge is -2.12. The highest BCUT2D eigenvalue weighted by Crippen LogP contribution is 2.09. The predicted molar refractivity (Wildman–Crippen MR) is 48.1 cm³/mol. The predicted octanol–water partition coefficient (Wildman–Crippen LogP) is 0.994. The fourth-order valence-electron chi connectivity index (χ4n) is 1.15. The molecular formula is C8H14F2N4. The van der Waals surface area contributed by atoms with E-state index in [-0.39, 0.29) is 12.5 Å². The molecule has 0 fully saturated rings. The molecule has 1 rings (SSSR count). The van der Waals surface area contributed by atoms with Crippen LogP contribution in [0.5, 0.6) is 0 Å². The maximum Gasteiger partial charge on any atom is 0.253 e. The minimum Gasteiger partial charge on any atom is -0.323 e. The summed E-state index contributed by atoms with van der Waals surface area (Å²) in [5.41, 5.74) is 5.25. The highest BCUT2D eigenvalue weighted by atomic mass is 19.3. The number of alkyl halides is 2. The van der Waals surface area contributed by atoms with E-state index in [2.05, 4.69) is 10.1 Å². The van der Waals surface area contributed by atoms with E-state index in [9.17, 15) is 8.78 Å². The normalized spacial score (nSPS) is 13.9. The number of hydrogen-bond donors (Lipinski definition) is 1. The highest BCUT2D eigenvalue weighted by molar-refractivity contribution is 4.91. The van der Waals surface area contributed by atoms with Crippen LogP contribution in [0.4, 0.5) is 8.78 Å². The highest BCUT2D eigenvalue weighted by Gasteiger charge is 2.19. The van der Waals surface area contributed by atoms with Crippen molar-refractivity contribution in [3.05, 3.63) is 12.2 Å². The number of nitrogens with two attached hydrogens (primary N) is 1. The summed E-state index contributed by atoms with van der Waals surface area (Å²) in [4.78, 5) is 3.90. The lowest BCUT2D eigenvalue weighted by Crippen LogP contribution is -2.32. The van der Waals surface area contributed by atoms with Gasteiger partial charge in [-0.1, -0.05) is 0 Å². The van der Waals surface area contributed by atoms with E-state index < -0.39 is 12.5 Å². The van der Waals surface area contributed by atoms with Gasteiger partial charge in [-0.15, -0.1) is 0 Å². The van der Waals surface area contributed by atoms with E-state index in [4.69, 9.17) is 5.73 Å². The zero-order valence-corrected chi connectivity index (χ0v) is 8.19. The summed E-state index contributed by atoms with van der Waals surface area (Å²) in [5, 5.41) is 3.93. The Morgan fingerprint density at radius 1 is 1.50 bits per heavy atom. The van der Waals surface area contributed by atoms with Crippen LogP contribution in [0.3, 0.4) is 0 Å². The Morgan fingerprint density at radius 3 is 2.64 bits per heavy atom. The van der Waals surface area contributed by atoms with E-state index in [0.717, 1.165) is 0 Å². The van der Waals surface area contributed by atoms with E-state index in [1.807, 2.05) is 13.8 Å². The standard InChI is InChI=1S/C8H14F2N4/c1-5(2)14-7(12-4-13-14)3-6(11)8(9)10/h4-6,8H,3,11H2,1-2H3. The number of nitrogens with zero attached hydrogens (tertiary/aromatic N) is 3. The molecule has 1 heterocycles. The van der Waals surface area contributed by atoms with Crippen molar-refractivity contribution in [2.45, 2.75) is 38.8 Å². The van der Waals surface area contributed by atoms with Gasteiger partial charge in [0.05, 0.1) is 6.04 Å². The summed E-state index contributed by atoms with van der Waals surface area (Å²) in [6.45, 7) is 3.82. The van der Waals surface area contributed by atoms with Crippen LogP contribution in [-0.2, 0) is 6.42 Å². The number of halogens is 2. The van der Waals surface area contributed by atoms with Crippen LogP contribution in [-0.4, -0.2) is 27.2 Å². The summed E-state index contributed by atoms with van der Waals surface area (Å²) in [6, 6.07) is -1.06. The van der Waals surface area contributed by atoms with Crippen LogP contribution in [0.2, 0.25) is 0 Å². The molecule has 2 N–H and O–H groups in total. The number of rotatable bonds is 4. The number of hydrogen-bond acceptors (Lipinski definition) is 3. The SMILES string of the molecule is CC(C)n1ncnc1CC(N)C(F)F. The third kappa shape index (κ3) is 2.47. The molecule has 0 saturated carbocycles. The van der Waals surface area contributed by atoms with Crippen LogP contribution in [0.15, 0.2) is 6.33 Å². The first-order valence-electron chi connectivity index (χ1n) is 4.44. The Balaban J connectivity index is 2.71. The third-order valence-electron chi connectivity index (χ3n) is 1.88. The first-order valence-corrected chi connectivity index (χ1v) is 4.44. The Bertz CT molecular complexity index is 285. The third-order valence-corrected chi connectivity index (χ3v) is 1.88. The van der Waals surface area contributed by atoms with Gasteiger partial charge in [0.1, 0.15) is 12.2 Å². The van der Waals surface area contributed by atoms with E-state index >= 15 is 0 Å². The van der Waals surface area contributed by atoms with Crippen molar-refractivity contribution in [2.75, 3.05) is 0 Å². The summed E-state index contributed by atoms with van der Waals surface area (Å²) < 4.78 is 25.9. The molecule has 1 aromatic rings. The average Bonchev–Trinajstić information content (AvgIpc) is 2.52. The topological polar surface area (TPSA) is 56.7 Å². The number of aromatic nitrogens is 3. The Hall–Kier alpha value is -1.04. The van der Waals surface area contributed by atoms with Crippen LogP contribution in [0.1, 0.15) is 25.7 Å². The summed E-state index contributed by atoms with van der Waals surface area (Å²) in [7, 11) is 0. The first-order chi connectivity index (χ1) is 6.52. The fourth-order valence-corrected chi connectivity index (χ4v) is 1.15. The van der Waals surface area contributed by atoms with E-state index in [1.165, 1.54) is 6.33 Å². The van der Waals surface area contributed by atoms with E-state index in [1.54, 1.807) is 4.68 Å². The molecule has 0 bridgehead atoms. The molecule has 0 aliphatic heterocycles. The van der Waals surface area contributed by atoms with Crippen molar-refractivity contribution in [3.8, 4) is 0 Å². The molecule has 1 aromatic heterocycles. The van der Waals surface area contributed by atoms with Gasteiger partial charge in [0.2, 0.25) is 0 Å². The molecular weight excluding hydrogens is 190 g/mol. The second-order valence-corrected chi connectivity index (χ2v) is 3.42. The molecule has 0 saturated heterocycles. The van der Waals surface area contributed by atoms with Gasteiger partial charge in [0, 0.05) is 12.5 Å². The Labute approximate surface area is 81.1 Å². The van der Waals surface area contributed by atoms with Crippen LogP contribution in [0, 0.1) is 0 Å². The van der Waals surface area contributed by atoms with Crippen molar-refractivity contribution in [3.63, 3.8) is 0 Å². The second kappa shape index (κ2) is 4.45. The molecule has 14 heavy (non-hydrogen) atoms. The molecule has 0 aliphatic rings. The molecule has 1 unspecified atom stereocenters. The van der Waals surface area contributed by atoms with E-state index in [0.29, 0.717) is 5.82 Å². The smallest absolute Gasteiger partial charge is 0.253 e. The molecule has 4 nitrogen and oxygen atoms in total. The van der Waals surface area contributed by atoms with Gasteiger partial charge in [-0.3, -0.25) is 0 Å². The van der Waals surface area contributed by atoms with Gasteiger partial charge >= 0.3 is 0 Å². The van der Waals surface area contributed by atoms with Crippen LogP contribution in [0.25, 0.3) is 0 Å². The molecule has 0 radical (unpaired) electrons. The molecule has 80 valence electrons. The maximum atomic E-state index is 12.2. The fraction of sp³-hybridized carbons (Fsp3) is 0.750. The summed E-state index contributed by atoms with van der Waals surface area (Å²) in [6.07, 6.45) is -1.11. The largest absolute Gasteiger partial charge is 0.323 e. The zero-order valence-electron chi connectivity index (χ0n) is 8.19. The minimum absolute atomic E-state index is 0.0514. The van der Waals surface area contributed by atoms with Crippen molar-refractivity contribution in [2.24, 2.45) is 5.73 Å². The molecule has 0 amide bonds. The Morgan fingerprint density at radius 2 is 2.14 bits per heavy atom. The summed E-state index contributed by atoms with van der Waals surface area (Å²) in [5.74, 6) is 0.507. The first kappa shape index (κ1) is 11.0. The van der Waals surface area contributed by atoms with Crippen molar-refractivity contribution in [1.29, 1.82) is 0 Å². The van der Waals surface area contributed by atoms with Gasteiger partial charge < -0.3 is 5.73 Å². The van der Waals surface area contributed by atoms with Gasteiger partial charge in [0.25, 0.3) is 6.43 Å². The molecule has 6 heteroatoms.